The van der Waals surface area contributed by atoms with Crippen LogP contribution in [0.5, 0.6) is 0 Å². The first kappa shape index (κ1) is 21.8. The number of imidazole rings is 1. The Labute approximate surface area is 203 Å². The third-order valence-electron chi connectivity index (χ3n) is 6.47. The standard InChI is InChI=1S/C24H20ClF2N7O/c1-13-22-23(21(30-34(22)8-7-28-13)14-3-4-17(26)16(25)11-14)33-10-9-32(24(33)35)19-6-5-18-15(20(19)27)12-29-31(18)2/h3-6,9-13,28H,7-8H2,1-2H3. The van der Waals surface area contributed by atoms with Gasteiger partial charge in [0.2, 0.25) is 0 Å². The predicted octanol–water partition coefficient (Wildman–Crippen LogP) is 3.97. The van der Waals surface area contributed by atoms with Crippen LogP contribution in [0.1, 0.15) is 18.7 Å². The van der Waals surface area contributed by atoms with E-state index in [1.807, 2.05) is 11.6 Å². The summed E-state index contributed by atoms with van der Waals surface area (Å²) in [6, 6.07) is 7.52. The minimum Gasteiger partial charge on any atom is -0.307 e. The molecule has 0 spiro atoms. The van der Waals surface area contributed by atoms with Crippen LogP contribution >= 0.6 is 11.6 Å². The van der Waals surface area contributed by atoms with Crippen LogP contribution in [0.3, 0.4) is 0 Å². The van der Waals surface area contributed by atoms with Crippen LogP contribution in [-0.2, 0) is 13.6 Å². The molecule has 178 valence electrons. The van der Waals surface area contributed by atoms with Gasteiger partial charge in [-0.1, -0.05) is 11.6 Å². The van der Waals surface area contributed by atoms with Crippen molar-refractivity contribution in [3.05, 3.63) is 81.8 Å². The minimum atomic E-state index is -0.541. The van der Waals surface area contributed by atoms with E-state index in [1.165, 1.54) is 33.7 Å². The minimum absolute atomic E-state index is 0.0395. The molecule has 8 nitrogen and oxygen atoms in total. The topological polar surface area (TPSA) is 74.6 Å². The van der Waals surface area contributed by atoms with Crippen molar-refractivity contribution in [2.24, 2.45) is 7.05 Å². The smallest absolute Gasteiger partial charge is 0.307 e. The molecule has 0 saturated heterocycles. The quantitative estimate of drug-likeness (QED) is 0.411. The van der Waals surface area contributed by atoms with Crippen LogP contribution in [0.15, 0.2) is 53.7 Å². The van der Waals surface area contributed by atoms with Crippen LogP contribution in [-0.4, -0.2) is 35.2 Å². The second-order valence-electron chi connectivity index (χ2n) is 8.53. The first-order chi connectivity index (χ1) is 16.8. The third kappa shape index (κ3) is 3.24. The zero-order valence-corrected chi connectivity index (χ0v) is 19.6. The lowest BCUT2D eigenvalue weighted by Gasteiger charge is -2.23. The van der Waals surface area contributed by atoms with Crippen LogP contribution in [0, 0.1) is 11.6 Å². The van der Waals surface area contributed by atoms with Crippen LogP contribution < -0.4 is 11.0 Å². The fourth-order valence-corrected chi connectivity index (χ4v) is 4.90. The second-order valence-corrected chi connectivity index (χ2v) is 8.94. The monoisotopic (exact) mass is 495 g/mol. The van der Waals surface area contributed by atoms with Crippen molar-refractivity contribution < 1.29 is 8.78 Å². The SMILES string of the molecule is CC1NCCn2nc(-c3ccc(F)c(Cl)c3)c(-n3ccn(-c4ccc5c(cnn5C)c4F)c3=O)c21. The van der Waals surface area contributed by atoms with Gasteiger partial charge in [0.1, 0.15) is 17.2 Å². The molecule has 1 atom stereocenters. The summed E-state index contributed by atoms with van der Waals surface area (Å²) in [5, 5.41) is 12.5. The van der Waals surface area contributed by atoms with Crippen molar-refractivity contribution >= 4 is 22.5 Å². The molecule has 0 saturated carbocycles. The van der Waals surface area contributed by atoms with Crippen LogP contribution in [0.4, 0.5) is 8.78 Å². The summed E-state index contributed by atoms with van der Waals surface area (Å²) in [5.41, 5.74) is 2.68. The number of nitrogens with zero attached hydrogens (tertiary/aromatic N) is 6. The Morgan fingerprint density at radius 2 is 1.94 bits per heavy atom. The number of hydrogen-bond donors (Lipinski definition) is 1. The second kappa shape index (κ2) is 7.89. The molecule has 1 aliphatic heterocycles. The van der Waals surface area contributed by atoms with E-state index in [1.54, 1.807) is 36.1 Å². The number of aryl methyl sites for hydroxylation is 1. The Morgan fingerprint density at radius 1 is 1.14 bits per heavy atom. The summed E-state index contributed by atoms with van der Waals surface area (Å²) in [6.07, 6.45) is 4.55. The Kier molecular flexibility index (Phi) is 4.90. The Bertz CT molecular complexity index is 1680. The molecule has 1 aliphatic rings. The van der Waals surface area contributed by atoms with Gasteiger partial charge in [-0.2, -0.15) is 10.2 Å². The van der Waals surface area contributed by atoms with Gasteiger partial charge in [-0.05, 0) is 37.3 Å². The molecule has 0 radical (unpaired) electrons. The molecule has 5 aromatic rings. The average Bonchev–Trinajstić information content (AvgIpc) is 3.52. The normalized spacial score (nSPS) is 15.6. The first-order valence-corrected chi connectivity index (χ1v) is 11.4. The maximum atomic E-state index is 15.4. The molecule has 6 rings (SSSR count). The molecule has 0 aliphatic carbocycles. The molecule has 1 unspecified atom stereocenters. The van der Waals surface area contributed by atoms with Crippen molar-refractivity contribution in [3.63, 3.8) is 0 Å². The lowest BCUT2D eigenvalue weighted by molar-refractivity contribution is 0.419. The van der Waals surface area contributed by atoms with Gasteiger partial charge in [-0.15, -0.1) is 0 Å². The molecular formula is C24H20ClF2N7O. The van der Waals surface area contributed by atoms with Gasteiger partial charge >= 0.3 is 5.69 Å². The van der Waals surface area contributed by atoms with Gasteiger partial charge in [-0.3, -0.25) is 18.5 Å². The third-order valence-corrected chi connectivity index (χ3v) is 6.76. The van der Waals surface area contributed by atoms with E-state index in [2.05, 4.69) is 10.4 Å². The number of aromatic nitrogens is 6. The first-order valence-electron chi connectivity index (χ1n) is 11.1. The van der Waals surface area contributed by atoms with E-state index in [9.17, 15) is 9.18 Å². The predicted molar refractivity (Wildman–Crippen MR) is 128 cm³/mol. The highest BCUT2D eigenvalue weighted by Crippen LogP contribution is 2.35. The molecule has 0 amide bonds. The molecular weight excluding hydrogens is 476 g/mol. The van der Waals surface area contributed by atoms with E-state index in [0.29, 0.717) is 40.9 Å². The average molecular weight is 496 g/mol. The molecule has 11 heteroatoms. The van der Waals surface area contributed by atoms with Gasteiger partial charge in [0.15, 0.2) is 5.82 Å². The van der Waals surface area contributed by atoms with Gasteiger partial charge in [-0.25, -0.2) is 13.6 Å². The highest BCUT2D eigenvalue weighted by Gasteiger charge is 2.29. The number of fused-ring (bicyclic) bond motifs is 2. The van der Waals surface area contributed by atoms with E-state index in [-0.39, 0.29) is 16.8 Å². The van der Waals surface area contributed by atoms with Crippen molar-refractivity contribution in [1.82, 2.24) is 34.0 Å². The maximum Gasteiger partial charge on any atom is 0.337 e. The van der Waals surface area contributed by atoms with Gasteiger partial charge in [0.05, 0.1) is 40.0 Å². The zero-order chi connectivity index (χ0) is 24.4. The van der Waals surface area contributed by atoms with Gasteiger partial charge in [0, 0.05) is 37.6 Å². The molecule has 4 heterocycles. The largest absolute Gasteiger partial charge is 0.337 e. The fourth-order valence-electron chi connectivity index (χ4n) is 4.72. The molecule has 2 aromatic carbocycles. The van der Waals surface area contributed by atoms with E-state index in [4.69, 9.17) is 16.7 Å². The zero-order valence-electron chi connectivity index (χ0n) is 18.8. The molecule has 35 heavy (non-hydrogen) atoms. The molecule has 0 bridgehead atoms. The summed E-state index contributed by atoms with van der Waals surface area (Å²) in [5.74, 6) is -1.08. The lowest BCUT2D eigenvalue weighted by atomic mass is 10.1. The Morgan fingerprint density at radius 3 is 2.74 bits per heavy atom. The Balaban J connectivity index is 1.58. The maximum absolute atomic E-state index is 15.4. The summed E-state index contributed by atoms with van der Waals surface area (Å²) in [7, 11) is 1.73. The highest BCUT2D eigenvalue weighted by molar-refractivity contribution is 6.31. The molecule has 3 aromatic heterocycles. The van der Waals surface area contributed by atoms with E-state index < -0.39 is 17.3 Å². The number of rotatable bonds is 3. The van der Waals surface area contributed by atoms with Crippen LogP contribution in [0.2, 0.25) is 5.02 Å². The molecule has 0 fully saturated rings. The van der Waals surface area contributed by atoms with Crippen molar-refractivity contribution in [2.75, 3.05) is 6.54 Å². The van der Waals surface area contributed by atoms with Crippen LogP contribution in [0.25, 0.3) is 33.5 Å². The summed E-state index contributed by atoms with van der Waals surface area (Å²) in [6.45, 7) is 3.30. The van der Waals surface area contributed by atoms with Crippen molar-refractivity contribution in [1.29, 1.82) is 0 Å². The summed E-state index contributed by atoms with van der Waals surface area (Å²) >= 11 is 6.06. The number of hydrogen-bond acceptors (Lipinski definition) is 4. The molecule has 1 N–H and O–H groups in total. The van der Waals surface area contributed by atoms with E-state index >= 15 is 4.39 Å². The summed E-state index contributed by atoms with van der Waals surface area (Å²) < 4.78 is 35.3. The van der Waals surface area contributed by atoms with E-state index in [0.717, 1.165) is 5.69 Å². The highest BCUT2D eigenvalue weighted by atomic mass is 35.5. The Hall–Kier alpha value is -3.76. The lowest BCUT2D eigenvalue weighted by Crippen LogP contribution is -2.33. The summed E-state index contributed by atoms with van der Waals surface area (Å²) in [4.78, 5) is 13.7. The number of benzene rings is 2. The van der Waals surface area contributed by atoms with Gasteiger partial charge < -0.3 is 5.32 Å². The van der Waals surface area contributed by atoms with Crippen molar-refractivity contribution in [3.8, 4) is 22.6 Å². The fraction of sp³-hybridized carbons (Fsp3) is 0.208. The van der Waals surface area contributed by atoms with Crippen molar-refractivity contribution in [2.45, 2.75) is 19.5 Å². The number of halogens is 3. The van der Waals surface area contributed by atoms with Gasteiger partial charge in [0.25, 0.3) is 0 Å². The number of nitrogens with one attached hydrogen (secondary N) is 1.